The van der Waals surface area contributed by atoms with Crippen molar-refractivity contribution in [3.05, 3.63) is 34.7 Å². The Labute approximate surface area is 93.8 Å². The van der Waals surface area contributed by atoms with E-state index in [2.05, 4.69) is 43.3 Å². The first kappa shape index (κ1) is 10.6. The van der Waals surface area contributed by atoms with Crippen LogP contribution in [0.15, 0.2) is 24.3 Å². The van der Waals surface area contributed by atoms with E-state index in [0.29, 0.717) is 0 Å². The lowest BCUT2D eigenvalue weighted by molar-refractivity contribution is 0.285. The smallest absolute Gasteiger partial charge is 0.0774 e. The molecule has 2 rings (SSSR count). The summed E-state index contributed by atoms with van der Waals surface area (Å²) in [7, 11) is 4.13. The third-order valence-corrected chi connectivity index (χ3v) is 3.37. The molecule has 0 aliphatic carbocycles. The van der Waals surface area contributed by atoms with Crippen LogP contribution in [-0.4, -0.2) is 24.1 Å². The summed E-state index contributed by atoms with van der Waals surface area (Å²) in [5, 5.41) is 10.3. The molecule has 0 saturated carbocycles. The average Bonchev–Trinajstić information content (AvgIpc) is 2.58. The Morgan fingerprint density at radius 2 is 2.07 bits per heavy atom. The van der Waals surface area contributed by atoms with Crippen LogP contribution >= 0.6 is 11.3 Å². The molecule has 0 unspecified atom stereocenters. The third kappa shape index (κ3) is 2.37. The number of aliphatic hydroxyl groups is 1. The molecule has 15 heavy (non-hydrogen) atoms. The van der Waals surface area contributed by atoms with Gasteiger partial charge in [-0.1, -0.05) is 12.1 Å². The Hall–Kier alpha value is -0.900. The molecule has 2 aromatic rings. The summed E-state index contributed by atoms with van der Waals surface area (Å²) in [5.74, 6) is 0. The van der Waals surface area contributed by atoms with Crippen molar-refractivity contribution >= 4 is 21.4 Å². The normalized spacial score (nSPS) is 11.5. The van der Waals surface area contributed by atoms with E-state index in [1.54, 1.807) is 11.3 Å². The molecule has 1 N–H and O–H groups in total. The van der Waals surface area contributed by atoms with Crippen molar-refractivity contribution < 1.29 is 5.11 Å². The fraction of sp³-hybridized carbons (Fsp3) is 0.333. The second-order valence-corrected chi connectivity index (χ2v) is 5.15. The topological polar surface area (TPSA) is 23.5 Å². The SMILES string of the molecule is CN(C)Cc1ccc2cc(CO)sc2c1. The maximum atomic E-state index is 9.06. The van der Waals surface area contributed by atoms with Gasteiger partial charge in [0.15, 0.2) is 0 Å². The quantitative estimate of drug-likeness (QED) is 0.860. The van der Waals surface area contributed by atoms with Crippen molar-refractivity contribution in [1.82, 2.24) is 4.90 Å². The number of rotatable bonds is 3. The number of fused-ring (bicyclic) bond motifs is 1. The summed E-state index contributed by atoms with van der Waals surface area (Å²) in [6, 6.07) is 8.54. The van der Waals surface area contributed by atoms with Gasteiger partial charge in [-0.25, -0.2) is 0 Å². The average molecular weight is 221 g/mol. The van der Waals surface area contributed by atoms with Crippen LogP contribution in [0.1, 0.15) is 10.4 Å². The van der Waals surface area contributed by atoms with E-state index < -0.39 is 0 Å². The van der Waals surface area contributed by atoms with E-state index in [0.717, 1.165) is 11.4 Å². The lowest BCUT2D eigenvalue weighted by Gasteiger charge is -2.08. The minimum absolute atomic E-state index is 0.141. The second-order valence-electron chi connectivity index (χ2n) is 3.98. The van der Waals surface area contributed by atoms with Gasteiger partial charge < -0.3 is 10.0 Å². The third-order valence-electron chi connectivity index (χ3n) is 2.29. The number of thiophene rings is 1. The molecule has 0 bridgehead atoms. The maximum absolute atomic E-state index is 9.06. The van der Waals surface area contributed by atoms with Gasteiger partial charge in [0, 0.05) is 16.1 Å². The minimum atomic E-state index is 0.141. The second kappa shape index (κ2) is 4.31. The maximum Gasteiger partial charge on any atom is 0.0774 e. The van der Waals surface area contributed by atoms with Crippen LogP contribution < -0.4 is 0 Å². The lowest BCUT2D eigenvalue weighted by Crippen LogP contribution is -2.10. The molecule has 0 aliphatic rings. The first-order valence-corrected chi connectivity index (χ1v) is 5.77. The highest BCUT2D eigenvalue weighted by Gasteiger charge is 2.02. The molecule has 0 amide bonds. The van der Waals surface area contributed by atoms with Gasteiger partial charge in [-0.15, -0.1) is 11.3 Å². The highest BCUT2D eigenvalue weighted by molar-refractivity contribution is 7.19. The largest absolute Gasteiger partial charge is 0.391 e. The van der Waals surface area contributed by atoms with Crippen molar-refractivity contribution in [3.8, 4) is 0 Å². The van der Waals surface area contributed by atoms with Gasteiger partial charge in [0.05, 0.1) is 6.61 Å². The standard InChI is InChI=1S/C12H15NOS/c1-13(2)7-9-3-4-10-6-11(8-14)15-12(10)5-9/h3-6,14H,7-8H2,1-2H3. The molecule has 1 aromatic carbocycles. The Kier molecular flexibility index (Phi) is 3.05. The molecule has 1 heterocycles. The van der Waals surface area contributed by atoms with E-state index in [1.807, 2.05) is 0 Å². The summed E-state index contributed by atoms with van der Waals surface area (Å²) in [4.78, 5) is 3.19. The minimum Gasteiger partial charge on any atom is -0.391 e. The molecule has 0 spiro atoms. The van der Waals surface area contributed by atoms with Gasteiger partial charge in [-0.3, -0.25) is 0 Å². The van der Waals surface area contributed by atoms with Gasteiger partial charge in [-0.2, -0.15) is 0 Å². The summed E-state index contributed by atoms with van der Waals surface area (Å²) >= 11 is 1.67. The van der Waals surface area contributed by atoms with Gasteiger partial charge >= 0.3 is 0 Å². The number of hydrogen-bond donors (Lipinski definition) is 1. The molecule has 2 nitrogen and oxygen atoms in total. The lowest BCUT2D eigenvalue weighted by atomic mass is 10.1. The van der Waals surface area contributed by atoms with Crippen LogP contribution in [0.4, 0.5) is 0 Å². The van der Waals surface area contributed by atoms with Gasteiger partial charge in [-0.05, 0) is 37.2 Å². The Balaban J connectivity index is 2.37. The monoisotopic (exact) mass is 221 g/mol. The van der Waals surface area contributed by atoms with Crippen LogP contribution in [0.5, 0.6) is 0 Å². The van der Waals surface area contributed by atoms with Crippen molar-refractivity contribution in [2.45, 2.75) is 13.2 Å². The molecule has 0 atom stereocenters. The zero-order valence-electron chi connectivity index (χ0n) is 9.03. The fourth-order valence-electron chi connectivity index (χ4n) is 1.67. The van der Waals surface area contributed by atoms with Gasteiger partial charge in [0.25, 0.3) is 0 Å². The Bertz CT molecular complexity index is 462. The summed E-state index contributed by atoms with van der Waals surface area (Å²) in [6.07, 6.45) is 0. The molecule has 3 heteroatoms. The van der Waals surface area contributed by atoms with Crippen LogP contribution in [0.25, 0.3) is 10.1 Å². The molecule has 0 fully saturated rings. The van der Waals surface area contributed by atoms with Crippen molar-refractivity contribution in [2.75, 3.05) is 14.1 Å². The van der Waals surface area contributed by atoms with Crippen LogP contribution in [-0.2, 0) is 13.2 Å². The first-order valence-electron chi connectivity index (χ1n) is 4.96. The zero-order valence-corrected chi connectivity index (χ0v) is 9.84. The van der Waals surface area contributed by atoms with Crippen LogP contribution in [0.2, 0.25) is 0 Å². The summed E-state index contributed by atoms with van der Waals surface area (Å²) in [5.41, 5.74) is 1.32. The Morgan fingerprint density at radius 3 is 2.73 bits per heavy atom. The predicted molar refractivity (Wildman–Crippen MR) is 65.1 cm³/mol. The highest BCUT2D eigenvalue weighted by atomic mass is 32.1. The summed E-state index contributed by atoms with van der Waals surface area (Å²) < 4.78 is 1.26. The van der Waals surface area contributed by atoms with Crippen molar-refractivity contribution in [3.63, 3.8) is 0 Å². The first-order chi connectivity index (χ1) is 7.19. The molecule has 0 saturated heterocycles. The zero-order chi connectivity index (χ0) is 10.8. The Morgan fingerprint density at radius 1 is 1.27 bits per heavy atom. The molecular formula is C12H15NOS. The van der Waals surface area contributed by atoms with Crippen LogP contribution in [0, 0.1) is 0 Å². The summed E-state index contributed by atoms with van der Waals surface area (Å²) in [6.45, 7) is 1.10. The molecule has 0 aliphatic heterocycles. The van der Waals surface area contributed by atoms with Gasteiger partial charge in [0.1, 0.15) is 0 Å². The van der Waals surface area contributed by atoms with E-state index in [9.17, 15) is 0 Å². The van der Waals surface area contributed by atoms with E-state index >= 15 is 0 Å². The predicted octanol–water partition coefficient (Wildman–Crippen LogP) is 2.46. The van der Waals surface area contributed by atoms with Crippen molar-refractivity contribution in [1.29, 1.82) is 0 Å². The van der Waals surface area contributed by atoms with Gasteiger partial charge in [0.2, 0.25) is 0 Å². The fourth-order valence-corrected chi connectivity index (χ4v) is 2.66. The number of hydrogen-bond acceptors (Lipinski definition) is 3. The van der Waals surface area contributed by atoms with Crippen molar-refractivity contribution in [2.24, 2.45) is 0 Å². The molecule has 80 valence electrons. The molecule has 1 aromatic heterocycles. The van der Waals surface area contributed by atoms with E-state index in [-0.39, 0.29) is 6.61 Å². The number of nitrogens with zero attached hydrogens (tertiary/aromatic N) is 1. The highest BCUT2D eigenvalue weighted by Crippen LogP contribution is 2.26. The van der Waals surface area contributed by atoms with Crippen LogP contribution in [0.3, 0.4) is 0 Å². The molecule has 0 radical (unpaired) electrons. The van der Waals surface area contributed by atoms with E-state index in [4.69, 9.17) is 5.11 Å². The van der Waals surface area contributed by atoms with E-state index in [1.165, 1.54) is 15.6 Å². The molecular weight excluding hydrogens is 206 g/mol. The number of aliphatic hydroxyl groups excluding tert-OH is 1. The number of benzene rings is 1.